The van der Waals surface area contributed by atoms with E-state index in [1.54, 1.807) is 7.11 Å². The van der Waals surface area contributed by atoms with Crippen molar-refractivity contribution in [2.45, 2.75) is 19.4 Å². The summed E-state index contributed by atoms with van der Waals surface area (Å²) in [5.74, 6) is 0.884. The highest BCUT2D eigenvalue weighted by atomic mass is 16.5. The van der Waals surface area contributed by atoms with E-state index in [2.05, 4.69) is 17.2 Å². The highest BCUT2D eigenvalue weighted by Gasteiger charge is 2.07. The van der Waals surface area contributed by atoms with Crippen LogP contribution >= 0.6 is 0 Å². The van der Waals surface area contributed by atoms with Crippen LogP contribution in [-0.4, -0.2) is 19.1 Å². The highest BCUT2D eigenvalue weighted by molar-refractivity contribution is 5.34. The normalized spacial score (nSPS) is 12.5. The summed E-state index contributed by atoms with van der Waals surface area (Å²) in [6.07, 6.45) is 2.99. The van der Waals surface area contributed by atoms with Crippen molar-refractivity contribution in [3.8, 4) is 0 Å². The number of nitrogens with one attached hydrogen (secondary N) is 1. The molecule has 1 N–H and O–H groups in total. The lowest BCUT2D eigenvalue weighted by molar-refractivity contribution is 0.0998. The van der Waals surface area contributed by atoms with E-state index in [9.17, 15) is 0 Å². The van der Waals surface area contributed by atoms with Crippen molar-refractivity contribution in [2.75, 3.05) is 19.5 Å². The Bertz CT molecular complexity index is 242. The van der Waals surface area contributed by atoms with E-state index in [1.807, 2.05) is 25.4 Å². The molecule has 0 spiro atoms. The van der Waals surface area contributed by atoms with Crippen LogP contribution in [0.25, 0.3) is 0 Å². The Morgan fingerprint density at radius 2 is 2.31 bits per heavy atom. The van der Waals surface area contributed by atoms with Crippen molar-refractivity contribution in [3.05, 3.63) is 23.9 Å². The van der Waals surface area contributed by atoms with E-state index in [4.69, 9.17) is 4.74 Å². The highest BCUT2D eigenvalue weighted by Crippen LogP contribution is 2.19. The molecule has 1 atom stereocenters. The van der Waals surface area contributed by atoms with E-state index in [-0.39, 0.29) is 6.10 Å². The molecule has 0 saturated heterocycles. The number of hydrogen-bond acceptors (Lipinski definition) is 3. The number of pyridine rings is 1. The van der Waals surface area contributed by atoms with E-state index < -0.39 is 0 Å². The molecule has 72 valence electrons. The minimum Gasteiger partial charge on any atom is -0.377 e. The van der Waals surface area contributed by atoms with E-state index in [1.165, 1.54) is 0 Å². The summed E-state index contributed by atoms with van der Waals surface area (Å²) in [6, 6.07) is 3.99. The molecular weight excluding hydrogens is 164 g/mol. The third-order valence-electron chi connectivity index (χ3n) is 2.07. The van der Waals surface area contributed by atoms with Crippen molar-refractivity contribution in [2.24, 2.45) is 0 Å². The van der Waals surface area contributed by atoms with E-state index in [0.29, 0.717) is 0 Å². The fraction of sp³-hybridized carbons (Fsp3) is 0.500. The fourth-order valence-electron chi connectivity index (χ4n) is 1.28. The van der Waals surface area contributed by atoms with Gasteiger partial charge in [0, 0.05) is 20.4 Å². The zero-order valence-electron chi connectivity index (χ0n) is 8.37. The number of nitrogens with zero attached hydrogens (tertiary/aromatic N) is 1. The zero-order valence-corrected chi connectivity index (χ0v) is 8.37. The molecule has 0 aliphatic heterocycles. The summed E-state index contributed by atoms with van der Waals surface area (Å²) in [4.78, 5) is 4.22. The van der Waals surface area contributed by atoms with Crippen molar-refractivity contribution in [3.63, 3.8) is 0 Å². The van der Waals surface area contributed by atoms with Gasteiger partial charge in [0.2, 0.25) is 0 Å². The van der Waals surface area contributed by atoms with Gasteiger partial charge in [-0.05, 0) is 18.1 Å². The Balaban J connectivity index is 2.78. The molecule has 13 heavy (non-hydrogen) atoms. The van der Waals surface area contributed by atoms with Gasteiger partial charge in [-0.3, -0.25) is 0 Å². The van der Waals surface area contributed by atoms with Crippen LogP contribution < -0.4 is 5.32 Å². The van der Waals surface area contributed by atoms with E-state index >= 15 is 0 Å². The van der Waals surface area contributed by atoms with Crippen LogP contribution in [0.2, 0.25) is 0 Å². The molecule has 0 saturated carbocycles. The fourth-order valence-corrected chi connectivity index (χ4v) is 1.28. The first-order valence-electron chi connectivity index (χ1n) is 4.48. The van der Waals surface area contributed by atoms with Gasteiger partial charge in [-0.25, -0.2) is 4.98 Å². The van der Waals surface area contributed by atoms with Crippen LogP contribution in [0, 0.1) is 0 Å². The molecule has 0 radical (unpaired) electrons. The first kappa shape index (κ1) is 9.99. The lowest BCUT2D eigenvalue weighted by Gasteiger charge is -2.12. The quantitative estimate of drug-likeness (QED) is 0.771. The van der Waals surface area contributed by atoms with Gasteiger partial charge in [-0.1, -0.05) is 13.0 Å². The first-order valence-corrected chi connectivity index (χ1v) is 4.48. The second kappa shape index (κ2) is 4.82. The Kier molecular flexibility index (Phi) is 3.71. The maximum atomic E-state index is 5.30. The Labute approximate surface area is 79.1 Å². The van der Waals surface area contributed by atoms with Crippen LogP contribution in [-0.2, 0) is 4.74 Å². The smallest absolute Gasteiger partial charge is 0.125 e. The average molecular weight is 180 g/mol. The minimum atomic E-state index is 0.165. The van der Waals surface area contributed by atoms with Crippen LogP contribution in [0.1, 0.15) is 25.0 Å². The number of methoxy groups -OCH3 is 1. The molecule has 3 heteroatoms. The van der Waals surface area contributed by atoms with Gasteiger partial charge < -0.3 is 10.1 Å². The van der Waals surface area contributed by atoms with Gasteiger partial charge in [0.25, 0.3) is 0 Å². The largest absolute Gasteiger partial charge is 0.377 e. The molecule has 0 amide bonds. The van der Waals surface area contributed by atoms with Crippen LogP contribution in [0.5, 0.6) is 0 Å². The summed E-state index contributed by atoms with van der Waals surface area (Å²) < 4.78 is 5.30. The maximum Gasteiger partial charge on any atom is 0.125 e. The molecule has 0 aromatic carbocycles. The predicted octanol–water partition coefficient (Wildman–Crippen LogP) is 2.22. The van der Waals surface area contributed by atoms with Gasteiger partial charge in [-0.15, -0.1) is 0 Å². The standard InChI is InChI=1S/C10H16N2O/c1-4-9(13-3)8-5-6-10(11-2)12-7-8/h5-7,9H,4H2,1-3H3,(H,11,12). The first-order chi connectivity index (χ1) is 6.31. The topological polar surface area (TPSA) is 34.1 Å². The monoisotopic (exact) mass is 180 g/mol. The zero-order chi connectivity index (χ0) is 9.68. The van der Waals surface area contributed by atoms with Crippen LogP contribution in [0.3, 0.4) is 0 Å². The Hall–Kier alpha value is -1.09. The SMILES string of the molecule is CCC(OC)c1ccc(NC)nc1. The van der Waals surface area contributed by atoms with Gasteiger partial charge in [0.1, 0.15) is 5.82 Å². The molecule has 1 aromatic heterocycles. The van der Waals surface area contributed by atoms with Crippen molar-refractivity contribution in [1.82, 2.24) is 4.98 Å². The molecule has 0 aliphatic rings. The summed E-state index contributed by atoms with van der Waals surface area (Å²) in [7, 11) is 3.58. The third kappa shape index (κ3) is 2.42. The molecule has 0 fully saturated rings. The Morgan fingerprint density at radius 3 is 2.69 bits per heavy atom. The van der Waals surface area contributed by atoms with Crippen LogP contribution in [0.15, 0.2) is 18.3 Å². The maximum absolute atomic E-state index is 5.30. The van der Waals surface area contributed by atoms with Gasteiger partial charge >= 0.3 is 0 Å². The average Bonchev–Trinajstić information content (AvgIpc) is 2.21. The van der Waals surface area contributed by atoms with Gasteiger partial charge in [-0.2, -0.15) is 0 Å². The van der Waals surface area contributed by atoms with Crippen molar-refractivity contribution in [1.29, 1.82) is 0 Å². The predicted molar refractivity (Wildman–Crippen MR) is 53.8 cm³/mol. The van der Waals surface area contributed by atoms with Crippen LogP contribution in [0.4, 0.5) is 5.82 Å². The Morgan fingerprint density at radius 1 is 1.54 bits per heavy atom. The molecule has 1 rings (SSSR count). The van der Waals surface area contributed by atoms with E-state index in [0.717, 1.165) is 17.8 Å². The lowest BCUT2D eigenvalue weighted by atomic mass is 10.1. The number of aromatic nitrogens is 1. The molecular formula is C10H16N2O. The number of rotatable bonds is 4. The van der Waals surface area contributed by atoms with Gasteiger partial charge in [0.15, 0.2) is 0 Å². The molecule has 1 aromatic rings. The summed E-state index contributed by atoms with van der Waals surface area (Å²) in [5, 5.41) is 2.98. The molecule has 0 aliphatic carbocycles. The van der Waals surface area contributed by atoms with Crippen molar-refractivity contribution < 1.29 is 4.74 Å². The number of anilines is 1. The molecule has 0 bridgehead atoms. The molecule has 1 unspecified atom stereocenters. The minimum absolute atomic E-state index is 0.165. The van der Waals surface area contributed by atoms with Gasteiger partial charge in [0.05, 0.1) is 6.10 Å². The molecule has 1 heterocycles. The summed E-state index contributed by atoms with van der Waals surface area (Å²) in [6.45, 7) is 2.10. The lowest BCUT2D eigenvalue weighted by Crippen LogP contribution is -2.01. The number of ether oxygens (including phenoxy) is 1. The summed E-state index contributed by atoms with van der Waals surface area (Å²) in [5.41, 5.74) is 1.13. The second-order valence-electron chi connectivity index (χ2n) is 2.86. The molecule has 3 nitrogen and oxygen atoms in total. The summed E-state index contributed by atoms with van der Waals surface area (Å²) >= 11 is 0. The van der Waals surface area contributed by atoms with Crippen molar-refractivity contribution >= 4 is 5.82 Å². The number of hydrogen-bond donors (Lipinski definition) is 1. The second-order valence-corrected chi connectivity index (χ2v) is 2.86. The third-order valence-corrected chi connectivity index (χ3v) is 2.07.